The maximum Gasteiger partial charge on any atom is 0.325 e. The fourth-order valence-electron chi connectivity index (χ4n) is 3.88. The van der Waals surface area contributed by atoms with Crippen molar-refractivity contribution in [1.82, 2.24) is 15.5 Å². The predicted molar refractivity (Wildman–Crippen MR) is 115 cm³/mol. The average Bonchev–Trinajstić information content (AvgIpc) is 2.98. The zero-order valence-electron chi connectivity index (χ0n) is 17.0. The van der Waals surface area contributed by atoms with Crippen molar-refractivity contribution in [3.63, 3.8) is 0 Å². The second kappa shape index (κ2) is 8.18. The molecule has 0 bridgehead atoms. The van der Waals surface area contributed by atoms with Crippen LogP contribution in [0.15, 0.2) is 66.7 Å². The highest BCUT2D eigenvalue weighted by Crippen LogP contribution is 2.33. The first-order valence-corrected chi connectivity index (χ1v) is 10.0. The third kappa shape index (κ3) is 3.99. The number of imide groups is 1. The highest BCUT2D eigenvalue weighted by molar-refractivity contribution is 6.10. The summed E-state index contributed by atoms with van der Waals surface area (Å²) in [5.74, 6) is -1.23. The van der Waals surface area contributed by atoms with Crippen LogP contribution >= 0.6 is 0 Å². The zero-order valence-corrected chi connectivity index (χ0v) is 17.0. The molecule has 1 aliphatic heterocycles. The Morgan fingerprint density at radius 2 is 1.74 bits per heavy atom. The summed E-state index contributed by atoms with van der Waals surface area (Å²) in [6.45, 7) is 1.60. The number of hydrogen-bond donors (Lipinski definition) is 2. The Morgan fingerprint density at radius 1 is 1.03 bits per heavy atom. The molecule has 3 aromatic carbocycles. The molecule has 0 radical (unpaired) electrons. The molecule has 4 amide bonds. The highest BCUT2D eigenvalue weighted by atomic mass is 19.1. The summed E-state index contributed by atoms with van der Waals surface area (Å²) < 4.78 is 13.0. The van der Waals surface area contributed by atoms with Crippen LogP contribution in [0.3, 0.4) is 0 Å². The number of amides is 4. The Hall–Kier alpha value is -3.74. The molecule has 1 saturated heterocycles. The highest BCUT2D eigenvalue weighted by Gasteiger charge is 2.50. The lowest BCUT2D eigenvalue weighted by atomic mass is 9.88. The monoisotopic (exact) mass is 419 g/mol. The van der Waals surface area contributed by atoms with Crippen LogP contribution in [0.5, 0.6) is 0 Å². The first kappa shape index (κ1) is 20.5. The Labute approximate surface area is 179 Å². The Morgan fingerprint density at radius 3 is 2.52 bits per heavy atom. The number of nitrogens with one attached hydrogen (secondary N) is 2. The Kier molecular flexibility index (Phi) is 5.42. The van der Waals surface area contributed by atoms with Gasteiger partial charge in [0.1, 0.15) is 17.9 Å². The SMILES string of the molecule is C[C@@]1(c2cccc3ccccc23)NC(=O)N(CC(=O)NCCc2ccc(F)cc2)C1=O. The molecular weight excluding hydrogens is 397 g/mol. The second-order valence-electron chi connectivity index (χ2n) is 7.70. The van der Waals surface area contributed by atoms with Gasteiger partial charge in [-0.1, -0.05) is 54.6 Å². The summed E-state index contributed by atoms with van der Waals surface area (Å²) in [6, 6.07) is 18.6. The molecule has 0 aliphatic carbocycles. The van der Waals surface area contributed by atoms with Crippen LogP contribution in [0.4, 0.5) is 9.18 Å². The molecule has 0 saturated carbocycles. The van der Waals surface area contributed by atoms with Crippen molar-refractivity contribution in [2.75, 3.05) is 13.1 Å². The molecule has 2 N–H and O–H groups in total. The molecule has 0 unspecified atom stereocenters. The third-order valence-electron chi connectivity index (χ3n) is 5.55. The van der Waals surface area contributed by atoms with Gasteiger partial charge in [-0.2, -0.15) is 0 Å². The summed E-state index contributed by atoms with van der Waals surface area (Å²) in [7, 11) is 0. The van der Waals surface area contributed by atoms with Crippen molar-refractivity contribution in [3.05, 3.63) is 83.7 Å². The summed E-state index contributed by atoms with van der Waals surface area (Å²) >= 11 is 0. The number of carbonyl (C=O) groups excluding carboxylic acids is 3. The molecule has 1 aliphatic rings. The number of nitrogens with zero attached hydrogens (tertiary/aromatic N) is 1. The van der Waals surface area contributed by atoms with Gasteiger partial charge in [-0.05, 0) is 47.4 Å². The van der Waals surface area contributed by atoms with Crippen LogP contribution in [0.25, 0.3) is 10.8 Å². The van der Waals surface area contributed by atoms with E-state index in [2.05, 4.69) is 10.6 Å². The molecular formula is C24H22FN3O3. The molecule has 4 rings (SSSR count). The van der Waals surface area contributed by atoms with Crippen molar-refractivity contribution in [2.24, 2.45) is 0 Å². The lowest BCUT2D eigenvalue weighted by Crippen LogP contribution is -2.43. The summed E-state index contributed by atoms with van der Waals surface area (Å²) in [6.07, 6.45) is 0.514. The van der Waals surface area contributed by atoms with E-state index in [0.29, 0.717) is 18.5 Å². The molecule has 6 nitrogen and oxygen atoms in total. The fraction of sp³-hybridized carbons (Fsp3) is 0.208. The molecule has 1 atom stereocenters. The van der Waals surface area contributed by atoms with Gasteiger partial charge in [-0.25, -0.2) is 9.18 Å². The van der Waals surface area contributed by atoms with E-state index >= 15 is 0 Å². The van der Waals surface area contributed by atoms with Crippen molar-refractivity contribution in [1.29, 1.82) is 0 Å². The van der Waals surface area contributed by atoms with Gasteiger partial charge in [-0.3, -0.25) is 14.5 Å². The van der Waals surface area contributed by atoms with Gasteiger partial charge in [0.05, 0.1) is 0 Å². The quantitative estimate of drug-likeness (QED) is 0.603. The number of carbonyl (C=O) groups is 3. The fourth-order valence-corrected chi connectivity index (χ4v) is 3.88. The van der Waals surface area contributed by atoms with Crippen LogP contribution in [0.2, 0.25) is 0 Å². The molecule has 3 aromatic rings. The van der Waals surface area contributed by atoms with Gasteiger partial charge in [0, 0.05) is 6.54 Å². The summed E-state index contributed by atoms with van der Waals surface area (Å²) in [5, 5.41) is 7.28. The van der Waals surface area contributed by atoms with Crippen LogP contribution in [-0.2, 0) is 21.5 Å². The Bertz CT molecular complexity index is 1160. The first-order valence-electron chi connectivity index (χ1n) is 10.0. The van der Waals surface area contributed by atoms with Crippen LogP contribution in [0.1, 0.15) is 18.1 Å². The molecule has 1 heterocycles. The van der Waals surface area contributed by atoms with E-state index in [9.17, 15) is 18.8 Å². The van der Waals surface area contributed by atoms with E-state index in [-0.39, 0.29) is 12.4 Å². The van der Waals surface area contributed by atoms with Gasteiger partial charge in [-0.15, -0.1) is 0 Å². The van der Waals surface area contributed by atoms with Gasteiger partial charge in [0.2, 0.25) is 5.91 Å². The van der Waals surface area contributed by atoms with Crippen LogP contribution < -0.4 is 10.6 Å². The maximum atomic E-state index is 13.2. The zero-order chi connectivity index (χ0) is 22.0. The van der Waals surface area contributed by atoms with E-state index in [1.807, 2.05) is 42.5 Å². The van der Waals surface area contributed by atoms with E-state index in [0.717, 1.165) is 21.2 Å². The lowest BCUT2D eigenvalue weighted by molar-refractivity contribution is -0.134. The number of rotatable bonds is 6. The van der Waals surface area contributed by atoms with E-state index < -0.39 is 23.4 Å². The number of hydrogen-bond acceptors (Lipinski definition) is 3. The molecule has 1 fully saturated rings. The van der Waals surface area contributed by atoms with Crippen molar-refractivity contribution >= 4 is 28.6 Å². The van der Waals surface area contributed by atoms with Gasteiger partial charge in [0.15, 0.2) is 0 Å². The van der Waals surface area contributed by atoms with E-state index in [1.54, 1.807) is 19.1 Å². The van der Waals surface area contributed by atoms with Gasteiger partial charge < -0.3 is 10.6 Å². The summed E-state index contributed by atoms with van der Waals surface area (Å²) in [5.41, 5.74) is 0.301. The predicted octanol–water partition coefficient (Wildman–Crippen LogP) is 3.10. The van der Waals surface area contributed by atoms with E-state index in [4.69, 9.17) is 0 Å². The van der Waals surface area contributed by atoms with Crippen LogP contribution in [0, 0.1) is 5.82 Å². The maximum absolute atomic E-state index is 13.2. The normalized spacial score (nSPS) is 18.3. The molecule has 7 heteroatoms. The standard InChI is InChI=1S/C24H22FN3O3/c1-24(20-8-4-6-17-5-2-3-7-19(17)20)22(30)28(23(31)27-24)15-21(29)26-14-13-16-9-11-18(25)12-10-16/h2-12H,13-15H2,1H3,(H,26,29)(H,27,31)/t24-/m0/s1. The van der Waals surface area contributed by atoms with Crippen molar-refractivity contribution in [2.45, 2.75) is 18.9 Å². The minimum atomic E-state index is -1.26. The second-order valence-corrected chi connectivity index (χ2v) is 7.70. The Balaban J connectivity index is 1.44. The van der Waals surface area contributed by atoms with Crippen molar-refractivity contribution < 1.29 is 18.8 Å². The smallest absolute Gasteiger partial charge is 0.325 e. The topological polar surface area (TPSA) is 78.5 Å². The average molecular weight is 419 g/mol. The van der Waals surface area contributed by atoms with Gasteiger partial charge in [0.25, 0.3) is 5.91 Å². The first-order chi connectivity index (χ1) is 14.9. The third-order valence-corrected chi connectivity index (χ3v) is 5.55. The largest absolute Gasteiger partial charge is 0.354 e. The molecule has 31 heavy (non-hydrogen) atoms. The number of benzene rings is 3. The molecule has 158 valence electrons. The van der Waals surface area contributed by atoms with Gasteiger partial charge >= 0.3 is 6.03 Å². The number of fused-ring (bicyclic) bond motifs is 1. The number of urea groups is 1. The molecule has 0 spiro atoms. The molecule has 0 aromatic heterocycles. The lowest BCUT2D eigenvalue weighted by Gasteiger charge is -2.24. The van der Waals surface area contributed by atoms with E-state index in [1.165, 1.54) is 12.1 Å². The minimum Gasteiger partial charge on any atom is -0.354 e. The number of halogens is 1. The van der Waals surface area contributed by atoms with Crippen molar-refractivity contribution in [3.8, 4) is 0 Å². The minimum absolute atomic E-state index is 0.314. The van der Waals surface area contributed by atoms with Crippen LogP contribution in [-0.4, -0.2) is 35.8 Å². The summed E-state index contributed by atoms with van der Waals surface area (Å²) in [4.78, 5) is 39.0.